The first-order chi connectivity index (χ1) is 10.0. The molecule has 0 aromatic carbocycles. The van der Waals surface area contributed by atoms with Gasteiger partial charge in [0.1, 0.15) is 11.6 Å². The van der Waals surface area contributed by atoms with Gasteiger partial charge < -0.3 is 4.74 Å². The maximum Gasteiger partial charge on any atom is 0.213 e. The lowest BCUT2D eigenvalue weighted by molar-refractivity contribution is 0.397. The number of hydrogen-bond acceptors (Lipinski definition) is 5. The topological polar surface area (TPSA) is 65.2 Å². The second-order valence-corrected chi connectivity index (χ2v) is 5.00. The monoisotopic (exact) mass is 299 g/mol. The summed E-state index contributed by atoms with van der Waals surface area (Å²) in [4.78, 5) is 13.3. The van der Waals surface area contributed by atoms with Crippen molar-refractivity contribution in [1.82, 2.24) is 24.6 Å². The van der Waals surface area contributed by atoms with Crippen LogP contribution >= 0.6 is 0 Å². The largest absolute Gasteiger partial charge is 0.481 e. The van der Waals surface area contributed by atoms with Crippen LogP contribution in [0.3, 0.4) is 0 Å². The average molecular weight is 299 g/mol. The van der Waals surface area contributed by atoms with Crippen molar-refractivity contribution in [1.29, 1.82) is 0 Å². The van der Waals surface area contributed by atoms with Crippen LogP contribution < -0.4 is 4.74 Å². The Kier molecular flexibility index (Phi) is 4.12. The zero-order valence-corrected chi connectivity index (χ0v) is 12.8. The number of aromatic nitrogens is 5. The second kappa shape index (κ2) is 5.71. The Morgan fingerprint density at radius 1 is 0.955 bits per heavy atom. The van der Waals surface area contributed by atoms with E-state index in [1.807, 2.05) is 39.8 Å². The van der Waals surface area contributed by atoms with E-state index in [1.54, 1.807) is 11.6 Å². The van der Waals surface area contributed by atoms with Gasteiger partial charge in [0.25, 0.3) is 0 Å². The molecule has 0 amide bonds. The van der Waals surface area contributed by atoms with E-state index in [4.69, 9.17) is 4.74 Å². The van der Waals surface area contributed by atoms with Gasteiger partial charge in [0.15, 0.2) is 5.65 Å². The molecule has 3 aromatic heterocycles. The number of hydrogen-bond donors (Lipinski definition) is 0. The fourth-order valence-corrected chi connectivity index (χ4v) is 2.54. The van der Waals surface area contributed by atoms with Gasteiger partial charge in [-0.1, -0.05) is 7.43 Å². The van der Waals surface area contributed by atoms with Gasteiger partial charge in [-0.15, -0.1) is 0 Å². The van der Waals surface area contributed by atoms with Crippen LogP contribution in [0.4, 0.5) is 0 Å². The number of pyridine rings is 1. The fourth-order valence-electron chi connectivity index (χ4n) is 2.54. The van der Waals surface area contributed by atoms with Crippen molar-refractivity contribution in [2.75, 3.05) is 7.11 Å². The summed E-state index contributed by atoms with van der Waals surface area (Å²) in [5.41, 5.74) is 4.62. The molecule has 3 rings (SSSR count). The quantitative estimate of drug-likeness (QED) is 0.727. The van der Waals surface area contributed by atoms with Gasteiger partial charge in [0, 0.05) is 17.3 Å². The number of fused-ring (bicyclic) bond motifs is 1. The Balaban J connectivity index is 0.00000176. The summed E-state index contributed by atoms with van der Waals surface area (Å²) in [7, 11) is 1.61. The van der Waals surface area contributed by atoms with Gasteiger partial charge in [-0.25, -0.2) is 19.5 Å². The van der Waals surface area contributed by atoms with Crippen LogP contribution in [0.15, 0.2) is 12.1 Å². The van der Waals surface area contributed by atoms with Crippen LogP contribution in [0.5, 0.6) is 5.88 Å². The van der Waals surface area contributed by atoms with Crippen LogP contribution in [-0.4, -0.2) is 31.7 Å². The van der Waals surface area contributed by atoms with Crippen LogP contribution in [0.2, 0.25) is 0 Å². The summed E-state index contributed by atoms with van der Waals surface area (Å²) >= 11 is 0. The summed E-state index contributed by atoms with van der Waals surface area (Å²) in [5, 5.41) is 4.55. The minimum atomic E-state index is 0. The lowest BCUT2D eigenvalue weighted by atomic mass is 10.1. The predicted octanol–water partition coefficient (Wildman–Crippen LogP) is 3.06. The maximum absolute atomic E-state index is 5.17. The zero-order valence-electron chi connectivity index (χ0n) is 12.8. The third kappa shape index (κ3) is 2.41. The summed E-state index contributed by atoms with van der Waals surface area (Å²) in [6.45, 7) is 7.75. The molecule has 6 heteroatoms. The van der Waals surface area contributed by atoms with Crippen LogP contribution in [0.1, 0.15) is 30.5 Å². The van der Waals surface area contributed by atoms with E-state index in [9.17, 15) is 0 Å². The highest BCUT2D eigenvalue weighted by atomic mass is 16.5. The molecule has 0 saturated carbocycles. The van der Waals surface area contributed by atoms with E-state index in [-0.39, 0.29) is 7.43 Å². The highest BCUT2D eigenvalue weighted by Crippen LogP contribution is 2.30. The number of aryl methyl sites for hydroxylation is 4. The molecule has 0 fully saturated rings. The molecule has 116 valence electrons. The molecule has 6 nitrogen and oxygen atoms in total. The maximum atomic E-state index is 5.17. The fraction of sp³-hybridized carbons (Fsp3) is 0.375. The second-order valence-electron chi connectivity index (χ2n) is 5.00. The van der Waals surface area contributed by atoms with Gasteiger partial charge in [-0.3, -0.25) is 0 Å². The van der Waals surface area contributed by atoms with Gasteiger partial charge in [0.2, 0.25) is 5.88 Å². The van der Waals surface area contributed by atoms with Crippen molar-refractivity contribution in [3.8, 4) is 17.0 Å². The molecule has 0 aliphatic rings. The zero-order chi connectivity index (χ0) is 15.1. The number of nitrogens with zero attached hydrogens (tertiary/aromatic N) is 5. The van der Waals surface area contributed by atoms with Crippen LogP contribution in [0.25, 0.3) is 16.8 Å². The first-order valence-corrected chi connectivity index (χ1v) is 6.74. The lowest BCUT2D eigenvalue weighted by Crippen LogP contribution is -2.02. The molecule has 3 heterocycles. The first-order valence-electron chi connectivity index (χ1n) is 6.74. The van der Waals surface area contributed by atoms with Gasteiger partial charge in [0.05, 0.1) is 18.4 Å². The van der Waals surface area contributed by atoms with E-state index in [1.165, 1.54) is 0 Å². The lowest BCUT2D eigenvalue weighted by Gasteiger charge is -2.07. The summed E-state index contributed by atoms with van der Waals surface area (Å²) in [6.07, 6.45) is 0. The van der Waals surface area contributed by atoms with Crippen molar-refractivity contribution in [3.05, 3.63) is 35.2 Å². The first kappa shape index (κ1) is 15.9. The van der Waals surface area contributed by atoms with Crippen molar-refractivity contribution < 1.29 is 4.74 Å². The van der Waals surface area contributed by atoms with E-state index in [2.05, 4.69) is 20.1 Å². The highest BCUT2D eigenvalue weighted by Gasteiger charge is 2.17. The van der Waals surface area contributed by atoms with Gasteiger partial charge in [-0.05, 0) is 33.8 Å². The third-order valence-electron chi connectivity index (χ3n) is 3.47. The Bertz CT molecular complexity index is 838. The smallest absolute Gasteiger partial charge is 0.213 e. The average Bonchev–Trinajstić information content (AvgIpc) is 2.75. The molecule has 0 atom stereocenters. The van der Waals surface area contributed by atoms with E-state index in [0.717, 1.165) is 39.8 Å². The molecular weight excluding hydrogens is 278 g/mol. The standard InChI is InChI=1S/C15H17N5O.CH4/c1-8-12(6-7-13(16-8)21-5)14-9(2)19-20-11(4)17-10(3)18-15(14)20;/h6-7H,1-5H3;1H4. The molecule has 0 aliphatic heterocycles. The normalized spacial score (nSPS) is 10.6. The SMILES string of the molecule is C.COc1ccc(-c2c(C)nn3c(C)nc(C)nc23)c(C)n1. The molecule has 22 heavy (non-hydrogen) atoms. The molecule has 0 spiro atoms. The molecule has 0 unspecified atom stereocenters. The predicted molar refractivity (Wildman–Crippen MR) is 86.2 cm³/mol. The number of rotatable bonds is 2. The van der Waals surface area contributed by atoms with Crippen molar-refractivity contribution >= 4 is 5.65 Å². The third-order valence-corrected chi connectivity index (χ3v) is 3.47. The Labute approximate surface area is 130 Å². The molecular formula is C16H21N5O. The number of ether oxygens (including phenoxy) is 1. The molecule has 0 bridgehead atoms. The minimum Gasteiger partial charge on any atom is -0.481 e. The Morgan fingerprint density at radius 2 is 1.68 bits per heavy atom. The van der Waals surface area contributed by atoms with Crippen LogP contribution in [-0.2, 0) is 0 Å². The summed E-state index contributed by atoms with van der Waals surface area (Å²) in [5.74, 6) is 2.17. The van der Waals surface area contributed by atoms with E-state index in [0.29, 0.717) is 5.88 Å². The molecule has 0 saturated heterocycles. The molecule has 0 radical (unpaired) electrons. The minimum absolute atomic E-state index is 0. The molecule has 3 aromatic rings. The Morgan fingerprint density at radius 3 is 2.32 bits per heavy atom. The van der Waals surface area contributed by atoms with E-state index < -0.39 is 0 Å². The highest BCUT2D eigenvalue weighted by molar-refractivity contribution is 5.81. The van der Waals surface area contributed by atoms with Gasteiger partial charge in [-0.2, -0.15) is 5.10 Å². The number of methoxy groups -OCH3 is 1. The molecule has 0 aliphatic carbocycles. The Hall–Kier alpha value is -2.50. The van der Waals surface area contributed by atoms with Gasteiger partial charge >= 0.3 is 0 Å². The van der Waals surface area contributed by atoms with Crippen molar-refractivity contribution in [2.24, 2.45) is 0 Å². The van der Waals surface area contributed by atoms with Crippen LogP contribution in [0, 0.1) is 27.7 Å². The summed E-state index contributed by atoms with van der Waals surface area (Å²) < 4.78 is 6.94. The molecule has 0 N–H and O–H groups in total. The van der Waals surface area contributed by atoms with E-state index >= 15 is 0 Å². The van der Waals surface area contributed by atoms with Crippen molar-refractivity contribution in [3.63, 3.8) is 0 Å². The van der Waals surface area contributed by atoms with Crippen molar-refractivity contribution in [2.45, 2.75) is 35.1 Å². The summed E-state index contributed by atoms with van der Waals surface area (Å²) in [6, 6.07) is 3.85.